The minimum atomic E-state index is -0.365. The van der Waals surface area contributed by atoms with Crippen molar-refractivity contribution >= 4 is 11.8 Å². The molecule has 0 spiro atoms. The maximum atomic E-state index is 14.3. The zero-order valence-electron chi connectivity index (χ0n) is 16.6. The summed E-state index contributed by atoms with van der Waals surface area (Å²) in [5, 5.41) is 4.52. The van der Waals surface area contributed by atoms with Crippen molar-refractivity contribution in [2.75, 3.05) is 33.4 Å². The Morgan fingerprint density at radius 1 is 1.32 bits per heavy atom. The summed E-state index contributed by atoms with van der Waals surface area (Å²) < 4.78 is 21.5. The molecule has 0 saturated carbocycles. The largest absolute Gasteiger partial charge is 0.377 e. The van der Waals surface area contributed by atoms with Gasteiger partial charge in [0.1, 0.15) is 11.5 Å². The number of carbonyl (C=O) groups excluding carboxylic acids is 2. The van der Waals surface area contributed by atoms with Gasteiger partial charge in [0, 0.05) is 31.8 Å². The number of carbonyl (C=O) groups is 2. The molecular weight excluding hydrogens is 363 g/mol. The topological polar surface area (TPSA) is 67.7 Å². The Labute approximate surface area is 163 Å². The average Bonchev–Trinajstić information content (AvgIpc) is 2.96. The first-order valence-electron chi connectivity index (χ1n) is 9.21. The predicted molar refractivity (Wildman–Crippen MR) is 102 cm³/mol. The van der Waals surface area contributed by atoms with Crippen LogP contribution in [0.25, 0.3) is 5.69 Å². The van der Waals surface area contributed by atoms with E-state index >= 15 is 0 Å². The zero-order valence-corrected chi connectivity index (χ0v) is 16.6. The van der Waals surface area contributed by atoms with E-state index < -0.39 is 0 Å². The molecule has 1 aliphatic rings. The minimum absolute atomic E-state index is 0.00534. The summed E-state index contributed by atoms with van der Waals surface area (Å²) in [5.41, 5.74) is 2.69. The molecule has 3 rings (SSSR count). The second kappa shape index (κ2) is 8.10. The van der Waals surface area contributed by atoms with E-state index in [1.807, 2.05) is 13.8 Å². The van der Waals surface area contributed by atoms with E-state index in [2.05, 4.69) is 5.10 Å². The van der Waals surface area contributed by atoms with E-state index in [9.17, 15) is 14.0 Å². The molecule has 0 N–H and O–H groups in total. The van der Waals surface area contributed by atoms with Crippen LogP contribution in [0.1, 0.15) is 29.9 Å². The van der Waals surface area contributed by atoms with Gasteiger partial charge in [-0.2, -0.15) is 5.10 Å². The van der Waals surface area contributed by atoms with Crippen LogP contribution in [0.3, 0.4) is 0 Å². The highest BCUT2D eigenvalue weighted by molar-refractivity contribution is 5.84. The van der Waals surface area contributed by atoms with Gasteiger partial charge in [0.15, 0.2) is 0 Å². The van der Waals surface area contributed by atoms with Crippen LogP contribution in [0.2, 0.25) is 0 Å². The van der Waals surface area contributed by atoms with Gasteiger partial charge in [-0.25, -0.2) is 9.07 Å². The molecule has 1 atom stereocenters. The number of morpholine rings is 1. The van der Waals surface area contributed by atoms with Crippen LogP contribution in [-0.4, -0.2) is 64.7 Å². The lowest BCUT2D eigenvalue weighted by atomic mass is 10.0. The minimum Gasteiger partial charge on any atom is -0.377 e. The van der Waals surface area contributed by atoms with Crippen molar-refractivity contribution in [3.8, 4) is 5.69 Å². The van der Waals surface area contributed by atoms with Crippen LogP contribution in [0.5, 0.6) is 0 Å². The Balaban J connectivity index is 1.96. The van der Waals surface area contributed by atoms with Gasteiger partial charge in [0.25, 0.3) is 0 Å². The van der Waals surface area contributed by atoms with Crippen LogP contribution in [0.15, 0.2) is 24.3 Å². The molecule has 1 aromatic heterocycles. The quantitative estimate of drug-likeness (QED) is 0.804. The van der Waals surface area contributed by atoms with Crippen molar-refractivity contribution in [2.45, 2.75) is 26.8 Å². The SMILES string of the molecule is CC(=O)N(C)CC(=O)N1CCOC[C@@H]1c1c(C)nn(-c2ccccc2F)c1C. The van der Waals surface area contributed by atoms with Gasteiger partial charge in [-0.1, -0.05) is 12.1 Å². The van der Waals surface area contributed by atoms with Crippen molar-refractivity contribution in [3.05, 3.63) is 47.0 Å². The molecule has 1 aromatic carbocycles. The van der Waals surface area contributed by atoms with Gasteiger partial charge >= 0.3 is 0 Å². The maximum Gasteiger partial charge on any atom is 0.242 e. The molecule has 0 bridgehead atoms. The van der Waals surface area contributed by atoms with Crippen molar-refractivity contribution < 1.29 is 18.7 Å². The fourth-order valence-electron chi connectivity index (χ4n) is 3.54. The van der Waals surface area contributed by atoms with Gasteiger partial charge in [-0.3, -0.25) is 9.59 Å². The number of aromatic nitrogens is 2. The second-order valence-electron chi connectivity index (χ2n) is 7.00. The Morgan fingerprint density at radius 3 is 2.71 bits per heavy atom. The summed E-state index contributed by atoms with van der Waals surface area (Å²) in [6.45, 7) is 6.34. The molecular formula is C20H25FN4O3. The molecule has 1 saturated heterocycles. The molecule has 0 radical (unpaired) electrons. The number of halogens is 1. The smallest absolute Gasteiger partial charge is 0.242 e. The molecule has 150 valence electrons. The highest BCUT2D eigenvalue weighted by Gasteiger charge is 2.33. The van der Waals surface area contributed by atoms with Crippen LogP contribution < -0.4 is 0 Å². The Bertz CT molecular complexity index is 896. The highest BCUT2D eigenvalue weighted by Crippen LogP contribution is 2.31. The van der Waals surface area contributed by atoms with Gasteiger partial charge in [-0.15, -0.1) is 0 Å². The van der Waals surface area contributed by atoms with Gasteiger partial charge < -0.3 is 14.5 Å². The van der Waals surface area contributed by atoms with Crippen LogP contribution >= 0.6 is 0 Å². The maximum absolute atomic E-state index is 14.3. The number of benzene rings is 1. The summed E-state index contributed by atoms with van der Waals surface area (Å²) in [7, 11) is 1.60. The molecule has 1 aliphatic heterocycles. The number of hydrogen-bond acceptors (Lipinski definition) is 4. The van der Waals surface area contributed by atoms with Crippen molar-refractivity contribution in [2.24, 2.45) is 0 Å². The van der Waals surface area contributed by atoms with Crippen LogP contribution in [0, 0.1) is 19.7 Å². The normalized spacial score (nSPS) is 16.9. The molecule has 2 aromatic rings. The van der Waals surface area contributed by atoms with E-state index in [0.717, 1.165) is 11.3 Å². The van der Waals surface area contributed by atoms with Crippen LogP contribution in [0.4, 0.5) is 4.39 Å². The summed E-state index contributed by atoms with van der Waals surface area (Å²) in [6, 6.07) is 6.11. The number of ether oxygens (including phenoxy) is 1. The third kappa shape index (κ3) is 3.77. The average molecular weight is 388 g/mol. The number of amides is 2. The lowest BCUT2D eigenvalue weighted by Crippen LogP contribution is -2.47. The molecule has 8 heteroatoms. The first kappa shape index (κ1) is 20.0. The third-order valence-corrected chi connectivity index (χ3v) is 5.12. The first-order valence-corrected chi connectivity index (χ1v) is 9.21. The van der Waals surface area contributed by atoms with E-state index in [-0.39, 0.29) is 30.2 Å². The molecule has 0 aliphatic carbocycles. The van der Waals surface area contributed by atoms with Gasteiger partial charge in [0.05, 0.1) is 31.5 Å². The fraction of sp³-hybridized carbons (Fsp3) is 0.450. The first-order chi connectivity index (χ1) is 13.3. The number of likely N-dealkylation sites (N-methyl/N-ethyl adjacent to an activating group) is 1. The van der Waals surface area contributed by atoms with Crippen LogP contribution in [-0.2, 0) is 14.3 Å². The number of rotatable bonds is 4. The zero-order chi connectivity index (χ0) is 20.4. The van der Waals surface area contributed by atoms with Gasteiger partial charge in [-0.05, 0) is 26.0 Å². The molecule has 0 unspecified atom stereocenters. The van der Waals surface area contributed by atoms with Crippen molar-refractivity contribution in [1.82, 2.24) is 19.6 Å². The number of nitrogens with zero attached hydrogens (tertiary/aromatic N) is 4. The van der Waals surface area contributed by atoms with Crippen molar-refractivity contribution in [1.29, 1.82) is 0 Å². The van der Waals surface area contributed by atoms with E-state index in [1.54, 1.807) is 34.8 Å². The monoisotopic (exact) mass is 388 g/mol. The summed E-state index contributed by atoms with van der Waals surface area (Å²) in [5.74, 6) is -0.683. The van der Waals surface area contributed by atoms with Gasteiger partial charge in [0.2, 0.25) is 11.8 Å². The number of para-hydroxylation sites is 1. The Hall–Kier alpha value is -2.74. The number of hydrogen-bond donors (Lipinski definition) is 0. The highest BCUT2D eigenvalue weighted by atomic mass is 19.1. The summed E-state index contributed by atoms with van der Waals surface area (Å²) >= 11 is 0. The summed E-state index contributed by atoms with van der Waals surface area (Å²) in [6.07, 6.45) is 0. The van der Waals surface area contributed by atoms with Crippen molar-refractivity contribution in [3.63, 3.8) is 0 Å². The molecule has 28 heavy (non-hydrogen) atoms. The Kier molecular flexibility index (Phi) is 5.79. The fourth-order valence-corrected chi connectivity index (χ4v) is 3.54. The molecule has 7 nitrogen and oxygen atoms in total. The van der Waals surface area contributed by atoms with E-state index in [0.29, 0.717) is 31.1 Å². The third-order valence-electron chi connectivity index (χ3n) is 5.12. The lowest BCUT2D eigenvalue weighted by Gasteiger charge is -2.36. The molecule has 2 heterocycles. The Morgan fingerprint density at radius 2 is 2.04 bits per heavy atom. The number of aryl methyl sites for hydroxylation is 1. The molecule has 2 amide bonds. The lowest BCUT2D eigenvalue weighted by molar-refractivity contribution is -0.144. The van der Waals surface area contributed by atoms with E-state index in [4.69, 9.17) is 4.74 Å². The molecule has 1 fully saturated rings. The standard InChI is InChI=1S/C20H25FN4O3/c1-13-20(14(2)25(22-13)17-8-6-5-7-16(17)21)18-12-28-10-9-24(18)19(27)11-23(4)15(3)26/h5-8,18H,9-12H2,1-4H3/t18-/m1/s1. The second-order valence-corrected chi connectivity index (χ2v) is 7.00. The summed E-state index contributed by atoms with van der Waals surface area (Å²) in [4.78, 5) is 27.4. The van der Waals surface area contributed by atoms with E-state index in [1.165, 1.54) is 17.9 Å². The predicted octanol–water partition coefficient (Wildman–Crippen LogP) is 2.01.